The van der Waals surface area contributed by atoms with Crippen LogP contribution in [-0.2, 0) is 22.6 Å². The van der Waals surface area contributed by atoms with E-state index in [1.165, 1.54) is 5.56 Å². The molecule has 0 spiro atoms. The maximum atomic E-state index is 12.4. The average Bonchev–Trinajstić information content (AvgIpc) is 3.03. The number of carbonyl (C=O) groups is 2. The van der Waals surface area contributed by atoms with Crippen LogP contribution in [0.25, 0.3) is 0 Å². The van der Waals surface area contributed by atoms with Crippen molar-refractivity contribution in [3.63, 3.8) is 0 Å². The minimum Gasteiger partial charge on any atom is -0.352 e. The Morgan fingerprint density at radius 2 is 1.76 bits per heavy atom. The predicted molar refractivity (Wildman–Crippen MR) is 99.6 cm³/mol. The molecule has 130 valence electrons. The molecule has 2 aromatic carbocycles. The quantitative estimate of drug-likeness (QED) is 0.890. The van der Waals surface area contributed by atoms with Crippen molar-refractivity contribution in [1.82, 2.24) is 5.32 Å². The number of carbonyl (C=O) groups excluding carboxylic acids is 2. The summed E-state index contributed by atoms with van der Waals surface area (Å²) in [5.74, 6) is -0.405. The Labute approximate surface area is 152 Å². The molecule has 1 fully saturated rings. The number of nitrogens with one attached hydrogen (secondary N) is 1. The fraction of sp³-hybridized carbons (Fsp3) is 0.300. The fourth-order valence-corrected chi connectivity index (χ4v) is 3.11. The van der Waals surface area contributed by atoms with Gasteiger partial charge in [-0.15, -0.1) is 0 Å². The molecule has 0 radical (unpaired) electrons. The van der Waals surface area contributed by atoms with Gasteiger partial charge in [0, 0.05) is 30.2 Å². The molecule has 0 saturated carbocycles. The van der Waals surface area contributed by atoms with E-state index in [0.29, 0.717) is 18.1 Å². The van der Waals surface area contributed by atoms with E-state index in [9.17, 15) is 9.59 Å². The highest BCUT2D eigenvalue weighted by molar-refractivity contribution is 6.30. The van der Waals surface area contributed by atoms with Gasteiger partial charge in [-0.1, -0.05) is 42.8 Å². The predicted octanol–water partition coefficient (Wildman–Crippen LogP) is 3.57. The van der Waals surface area contributed by atoms with Gasteiger partial charge in [0.1, 0.15) is 0 Å². The first-order valence-corrected chi connectivity index (χ1v) is 8.86. The first kappa shape index (κ1) is 17.5. The number of rotatable bonds is 5. The molecule has 0 bridgehead atoms. The fourth-order valence-electron chi connectivity index (χ4n) is 2.98. The molecule has 1 N–H and O–H groups in total. The van der Waals surface area contributed by atoms with E-state index in [-0.39, 0.29) is 24.2 Å². The van der Waals surface area contributed by atoms with Crippen LogP contribution in [0.1, 0.15) is 24.5 Å². The van der Waals surface area contributed by atoms with Crippen molar-refractivity contribution >= 4 is 29.1 Å². The number of anilines is 1. The molecule has 5 heteroatoms. The number of halogens is 1. The van der Waals surface area contributed by atoms with Crippen LogP contribution >= 0.6 is 11.6 Å². The zero-order chi connectivity index (χ0) is 17.8. The van der Waals surface area contributed by atoms with Gasteiger partial charge in [0.2, 0.25) is 11.8 Å². The normalized spacial score (nSPS) is 17.0. The molecule has 0 aromatic heterocycles. The summed E-state index contributed by atoms with van der Waals surface area (Å²) in [4.78, 5) is 26.4. The number of hydrogen-bond acceptors (Lipinski definition) is 2. The van der Waals surface area contributed by atoms with Crippen molar-refractivity contribution < 1.29 is 9.59 Å². The molecule has 1 aliphatic rings. The molecule has 2 amide bonds. The Morgan fingerprint density at radius 3 is 2.40 bits per heavy atom. The molecular weight excluding hydrogens is 336 g/mol. The Morgan fingerprint density at radius 1 is 1.12 bits per heavy atom. The van der Waals surface area contributed by atoms with Crippen molar-refractivity contribution in [2.75, 3.05) is 11.4 Å². The van der Waals surface area contributed by atoms with E-state index < -0.39 is 0 Å². The van der Waals surface area contributed by atoms with E-state index in [0.717, 1.165) is 17.7 Å². The summed E-state index contributed by atoms with van der Waals surface area (Å²) in [6.07, 6.45) is 1.21. The van der Waals surface area contributed by atoms with Gasteiger partial charge in [0.15, 0.2) is 0 Å². The lowest BCUT2D eigenvalue weighted by atomic mass is 10.1. The third kappa shape index (κ3) is 4.20. The van der Waals surface area contributed by atoms with Crippen LogP contribution in [0, 0.1) is 5.92 Å². The highest BCUT2D eigenvalue weighted by atomic mass is 35.5. The van der Waals surface area contributed by atoms with E-state index in [4.69, 9.17) is 11.6 Å². The lowest BCUT2D eigenvalue weighted by Crippen LogP contribution is -2.32. The standard InChI is InChI=1S/C20H21ClN2O2/c1-2-14-5-9-18(10-6-14)23-13-16(11-19(23)24)20(25)22-12-15-3-7-17(21)8-4-15/h3-10,16H,2,11-13H2,1H3,(H,22,25). The molecule has 1 saturated heterocycles. The van der Waals surface area contributed by atoms with Gasteiger partial charge in [-0.2, -0.15) is 0 Å². The van der Waals surface area contributed by atoms with Gasteiger partial charge in [-0.25, -0.2) is 0 Å². The summed E-state index contributed by atoms with van der Waals surface area (Å²) in [5.41, 5.74) is 3.07. The smallest absolute Gasteiger partial charge is 0.227 e. The van der Waals surface area contributed by atoms with Gasteiger partial charge in [0.05, 0.1) is 5.92 Å². The topological polar surface area (TPSA) is 49.4 Å². The molecule has 25 heavy (non-hydrogen) atoms. The molecular formula is C20H21ClN2O2. The summed E-state index contributed by atoms with van der Waals surface area (Å²) in [7, 11) is 0. The van der Waals surface area contributed by atoms with Crippen molar-refractivity contribution in [2.45, 2.75) is 26.3 Å². The van der Waals surface area contributed by atoms with Crippen molar-refractivity contribution in [3.05, 3.63) is 64.7 Å². The van der Waals surface area contributed by atoms with Crippen LogP contribution in [-0.4, -0.2) is 18.4 Å². The molecule has 1 heterocycles. The van der Waals surface area contributed by atoms with Crippen LogP contribution < -0.4 is 10.2 Å². The Hall–Kier alpha value is -2.33. The monoisotopic (exact) mass is 356 g/mol. The zero-order valence-electron chi connectivity index (χ0n) is 14.2. The second-order valence-corrected chi connectivity index (χ2v) is 6.71. The van der Waals surface area contributed by atoms with Gasteiger partial charge < -0.3 is 10.2 Å². The van der Waals surface area contributed by atoms with Gasteiger partial charge in [-0.3, -0.25) is 9.59 Å². The second-order valence-electron chi connectivity index (χ2n) is 6.27. The van der Waals surface area contributed by atoms with Crippen LogP contribution in [0.3, 0.4) is 0 Å². The molecule has 3 rings (SSSR count). The van der Waals surface area contributed by atoms with Crippen molar-refractivity contribution in [3.8, 4) is 0 Å². The molecule has 0 aliphatic carbocycles. The summed E-state index contributed by atoms with van der Waals surface area (Å²) >= 11 is 5.86. The molecule has 1 unspecified atom stereocenters. The summed E-state index contributed by atoms with van der Waals surface area (Å²) in [6.45, 7) is 2.96. The molecule has 4 nitrogen and oxygen atoms in total. The first-order chi connectivity index (χ1) is 12.1. The van der Waals surface area contributed by atoms with Crippen LogP contribution in [0.5, 0.6) is 0 Å². The third-order valence-corrected chi connectivity index (χ3v) is 4.78. The maximum absolute atomic E-state index is 12.4. The lowest BCUT2D eigenvalue weighted by molar-refractivity contribution is -0.126. The minimum atomic E-state index is -0.314. The van der Waals surface area contributed by atoms with Crippen LogP contribution in [0.4, 0.5) is 5.69 Å². The number of amides is 2. The Bertz CT molecular complexity index is 756. The van der Waals surface area contributed by atoms with Gasteiger partial charge in [-0.05, 0) is 41.8 Å². The summed E-state index contributed by atoms with van der Waals surface area (Å²) in [6, 6.07) is 15.3. The summed E-state index contributed by atoms with van der Waals surface area (Å²) in [5, 5.41) is 3.58. The van der Waals surface area contributed by atoms with Crippen molar-refractivity contribution in [2.24, 2.45) is 5.92 Å². The largest absolute Gasteiger partial charge is 0.352 e. The second kappa shape index (κ2) is 7.70. The van der Waals surface area contributed by atoms with Gasteiger partial charge in [0.25, 0.3) is 0 Å². The van der Waals surface area contributed by atoms with Gasteiger partial charge >= 0.3 is 0 Å². The Balaban J connectivity index is 1.59. The average molecular weight is 357 g/mol. The molecule has 2 aromatic rings. The first-order valence-electron chi connectivity index (χ1n) is 8.48. The van der Waals surface area contributed by atoms with E-state index in [1.807, 2.05) is 36.4 Å². The number of benzene rings is 2. The van der Waals surface area contributed by atoms with E-state index >= 15 is 0 Å². The lowest BCUT2D eigenvalue weighted by Gasteiger charge is -2.17. The number of nitrogens with zero attached hydrogens (tertiary/aromatic N) is 1. The van der Waals surface area contributed by atoms with E-state index in [1.54, 1.807) is 17.0 Å². The van der Waals surface area contributed by atoms with Crippen LogP contribution in [0.2, 0.25) is 5.02 Å². The highest BCUT2D eigenvalue weighted by Crippen LogP contribution is 2.25. The molecule has 1 aliphatic heterocycles. The minimum absolute atomic E-state index is 0.00380. The van der Waals surface area contributed by atoms with E-state index in [2.05, 4.69) is 12.2 Å². The maximum Gasteiger partial charge on any atom is 0.227 e. The van der Waals surface area contributed by atoms with Crippen molar-refractivity contribution in [1.29, 1.82) is 0 Å². The SMILES string of the molecule is CCc1ccc(N2CC(C(=O)NCc3ccc(Cl)cc3)CC2=O)cc1. The number of hydrogen-bond donors (Lipinski definition) is 1. The van der Waals surface area contributed by atoms with Crippen LogP contribution in [0.15, 0.2) is 48.5 Å². The summed E-state index contributed by atoms with van der Waals surface area (Å²) < 4.78 is 0. The number of aryl methyl sites for hydroxylation is 1. The zero-order valence-corrected chi connectivity index (χ0v) is 14.9. The highest BCUT2D eigenvalue weighted by Gasteiger charge is 2.34. The third-order valence-electron chi connectivity index (χ3n) is 4.53. The molecule has 1 atom stereocenters. The Kier molecular flexibility index (Phi) is 5.39.